The summed E-state index contributed by atoms with van der Waals surface area (Å²) in [5.41, 5.74) is 0.847. The molecule has 0 fully saturated rings. The van der Waals surface area contributed by atoms with Gasteiger partial charge in [0.1, 0.15) is 5.92 Å². The second-order valence-corrected chi connectivity index (χ2v) is 3.48. The molecular formula is C11H10ClNO2. The maximum Gasteiger partial charge on any atom is 0.323 e. The van der Waals surface area contributed by atoms with E-state index in [1.165, 1.54) is 7.11 Å². The molecule has 15 heavy (non-hydrogen) atoms. The fourth-order valence-electron chi connectivity index (χ4n) is 1.22. The number of ether oxygens (including phenoxy) is 1. The van der Waals surface area contributed by atoms with Gasteiger partial charge in [0.15, 0.2) is 0 Å². The van der Waals surface area contributed by atoms with Crippen LogP contribution in [0, 0.1) is 17.2 Å². The van der Waals surface area contributed by atoms with Gasteiger partial charge in [-0.2, -0.15) is 5.26 Å². The van der Waals surface area contributed by atoms with Crippen LogP contribution in [0.25, 0.3) is 0 Å². The first-order valence-corrected chi connectivity index (χ1v) is 4.77. The van der Waals surface area contributed by atoms with Crippen LogP contribution >= 0.6 is 11.6 Å². The normalized spacial score (nSPS) is 11.5. The van der Waals surface area contributed by atoms with Crippen LogP contribution in [-0.4, -0.2) is 13.1 Å². The van der Waals surface area contributed by atoms with Crippen LogP contribution in [0.5, 0.6) is 0 Å². The molecule has 0 heterocycles. The minimum atomic E-state index is -0.770. The SMILES string of the molecule is COC(=O)C(C#N)Cc1cccc(Cl)c1. The molecule has 0 aromatic heterocycles. The summed E-state index contributed by atoms with van der Waals surface area (Å²) in [7, 11) is 1.27. The summed E-state index contributed by atoms with van der Waals surface area (Å²) in [5, 5.41) is 9.37. The molecular weight excluding hydrogens is 214 g/mol. The maximum atomic E-state index is 11.2. The van der Waals surface area contributed by atoms with E-state index in [0.717, 1.165) is 5.56 Å². The number of nitriles is 1. The first-order valence-electron chi connectivity index (χ1n) is 4.39. The number of carbonyl (C=O) groups is 1. The van der Waals surface area contributed by atoms with Gasteiger partial charge >= 0.3 is 5.97 Å². The molecule has 4 heteroatoms. The smallest absolute Gasteiger partial charge is 0.323 e. The lowest BCUT2D eigenvalue weighted by molar-refractivity contribution is -0.143. The molecule has 78 valence electrons. The van der Waals surface area contributed by atoms with Crippen molar-refractivity contribution in [3.05, 3.63) is 34.9 Å². The highest BCUT2D eigenvalue weighted by atomic mass is 35.5. The summed E-state index contributed by atoms with van der Waals surface area (Å²) in [4.78, 5) is 11.2. The summed E-state index contributed by atoms with van der Waals surface area (Å²) < 4.78 is 4.51. The van der Waals surface area contributed by atoms with E-state index in [1.807, 2.05) is 12.1 Å². The Morgan fingerprint density at radius 3 is 2.93 bits per heavy atom. The summed E-state index contributed by atoms with van der Waals surface area (Å²) in [5.74, 6) is -1.29. The van der Waals surface area contributed by atoms with Gasteiger partial charge in [0.2, 0.25) is 0 Å². The fourth-order valence-corrected chi connectivity index (χ4v) is 1.44. The predicted molar refractivity (Wildman–Crippen MR) is 56.3 cm³/mol. The van der Waals surface area contributed by atoms with Gasteiger partial charge in [-0.05, 0) is 24.1 Å². The summed E-state index contributed by atoms with van der Waals surface area (Å²) in [6.07, 6.45) is 0.323. The third-order valence-electron chi connectivity index (χ3n) is 1.97. The molecule has 0 amide bonds. The lowest BCUT2D eigenvalue weighted by atomic mass is 10.0. The summed E-state index contributed by atoms with van der Waals surface area (Å²) in [6.45, 7) is 0. The van der Waals surface area contributed by atoms with Gasteiger partial charge in [-0.1, -0.05) is 23.7 Å². The van der Waals surface area contributed by atoms with Gasteiger partial charge in [0.25, 0.3) is 0 Å². The number of benzene rings is 1. The molecule has 1 atom stereocenters. The Morgan fingerprint density at radius 1 is 1.67 bits per heavy atom. The number of rotatable bonds is 3. The van der Waals surface area contributed by atoms with Crippen molar-refractivity contribution in [2.75, 3.05) is 7.11 Å². The molecule has 1 aromatic carbocycles. The van der Waals surface area contributed by atoms with Crippen LogP contribution in [0.2, 0.25) is 5.02 Å². The van der Waals surface area contributed by atoms with E-state index < -0.39 is 11.9 Å². The molecule has 0 saturated heterocycles. The maximum absolute atomic E-state index is 11.2. The topological polar surface area (TPSA) is 50.1 Å². The van der Waals surface area contributed by atoms with E-state index >= 15 is 0 Å². The Kier molecular flexibility index (Phi) is 4.14. The van der Waals surface area contributed by atoms with E-state index in [-0.39, 0.29) is 0 Å². The second-order valence-electron chi connectivity index (χ2n) is 3.04. The number of hydrogen-bond donors (Lipinski definition) is 0. The van der Waals surface area contributed by atoms with Crippen LogP contribution in [-0.2, 0) is 16.0 Å². The molecule has 0 saturated carbocycles. The number of hydrogen-bond acceptors (Lipinski definition) is 3. The highest BCUT2D eigenvalue weighted by Crippen LogP contribution is 2.14. The van der Waals surface area contributed by atoms with Gasteiger partial charge in [0, 0.05) is 5.02 Å². The molecule has 0 aliphatic rings. The van der Waals surface area contributed by atoms with Crippen molar-refractivity contribution in [3.8, 4) is 6.07 Å². The van der Waals surface area contributed by atoms with E-state index in [1.54, 1.807) is 18.2 Å². The van der Waals surface area contributed by atoms with Gasteiger partial charge in [-0.3, -0.25) is 4.79 Å². The number of carbonyl (C=O) groups excluding carboxylic acids is 1. The molecule has 0 radical (unpaired) electrons. The third kappa shape index (κ3) is 3.26. The molecule has 0 aliphatic heterocycles. The first-order chi connectivity index (χ1) is 7.17. The van der Waals surface area contributed by atoms with E-state index in [0.29, 0.717) is 11.4 Å². The van der Waals surface area contributed by atoms with Crippen molar-refractivity contribution < 1.29 is 9.53 Å². The van der Waals surface area contributed by atoms with Crippen LogP contribution in [0.3, 0.4) is 0 Å². The predicted octanol–water partition coefficient (Wildman–Crippen LogP) is 2.20. The fraction of sp³-hybridized carbons (Fsp3) is 0.273. The van der Waals surface area contributed by atoms with Crippen LogP contribution < -0.4 is 0 Å². The molecule has 3 nitrogen and oxygen atoms in total. The van der Waals surface area contributed by atoms with Crippen LogP contribution in [0.15, 0.2) is 24.3 Å². The van der Waals surface area contributed by atoms with E-state index in [4.69, 9.17) is 16.9 Å². The van der Waals surface area contributed by atoms with Gasteiger partial charge in [0.05, 0.1) is 13.2 Å². The van der Waals surface area contributed by atoms with Crippen LogP contribution in [0.4, 0.5) is 0 Å². The monoisotopic (exact) mass is 223 g/mol. The largest absolute Gasteiger partial charge is 0.468 e. The standard InChI is InChI=1S/C11H10ClNO2/c1-15-11(14)9(7-13)5-8-3-2-4-10(12)6-8/h2-4,6,9H,5H2,1H3. The quantitative estimate of drug-likeness (QED) is 0.738. The summed E-state index contributed by atoms with van der Waals surface area (Å²) >= 11 is 5.79. The Balaban J connectivity index is 2.76. The van der Waals surface area contributed by atoms with E-state index in [2.05, 4.69) is 4.74 Å². The molecule has 1 aromatic rings. The van der Waals surface area contributed by atoms with Crippen molar-refractivity contribution in [1.82, 2.24) is 0 Å². The zero-order valence-corrected chi connectivity index (χ0v) is 8.99. The third-order valence-corrected chi connectivity index (χ3v) is 2.21. The highest BCUT2D eigenvalue weighted by Gasteiger charge is 2.18. The van der Waals surface area contributed by atoms with Crippen LogP contribution in [0.1, 0.15) is 5.56 Å². The Labute approximate surface area is 93.2 Å². The van der Waals surface area contributed by atoms with Crippen molar-refractivity contribution in [3.63, 3.8) is 0 Å². The Morgan fingerprint density at radius 2 is 2.40 bits per heavy atom. The molecule has 0 bridgehead atoms. The number of methoxy groups -OCH3 is 1. The number of halogens is 1. The Hall–Kier alpha value is -1.53. The second kappa shape index (κ2) is 5.38. The molecule has 1 rings (SSSR count). The lowest BCUT2D eigenvalue weighted by Gasteiger charge is -2.06. The van der Waals surface area contributed by atoms with Crippen molar-refractivity contribution >= 4 is 17.6 Å². The first kappa shape index (κ1) is 11.5. The zero-order chi connectivity index (χ0) is 11.3. The molecule has 0 aliphatic carbocycles. The van der Waals surface area contributed by atoms with Gasteiger partial charge < -0.3 is 4.74 Å². The van der Waals surface area contributed by atoms with Gasteiger partial charge in [-0.25, -0.2) is 0 Å². The minimum absolute atomic E-state index is 0.323. The average molecular weight is 224 g/mol. The molecule has 0 N–H and O–H groups in total. The molecule has 1 unspecified atom stereocenters. The number of esters is 1. The van der Waals surface area contributed by atoms with Crippen molar-refractivity contribution in [2.45, 2.75) is 6.42 Å². The van der Waals surface area contributed by atoms with Crippen molar-refractivity contribution in [2.24, 2.45) is 5.92 Å². The summed E-state index contributed by atoms with van der Waals surface area (Å²) in [6, 6.07) is 8.97. The minimum Gasteiger partial charge on any atom is -0.468 e. The van der Waals surface area contributed by atoms with E-state index in [9.17, 15) is 4.79 Å². The molecule has 0 spiro atoms. The number of nitrogens with zero attached hydrogens (tertiary/aromatic N) is 1. The van der Waals surface area contributed by atoms with Gasteiger partial charge in [-0.15, -0.1) is 0 Å². The zero-order valence-electron chi connectivity index (χ0n) is 8.24. The lowest BCUT2D eigenvalue weighted by Crippen LogP contribution is -2.16. The average Bonchev–Trinajstić information content (AvgIpc) is 2.25. The van der Waals surface area contributed by atoms with Crippen molar-refractivity contribution in [1.29, 1.82) is 5.26 Å². The highest BCUT2D eigenvalue weighted by molar-refractivity contribution is 6.30. The Bertz CT molecular complexity index is 398.